The molecule has 2 heterocycles. The molecular weight excluding hydrogens is 280 g/mol. The zero-order chi connectivity index (χ0) is 13.5. The highest BCUT2D eigenvalue weighted by Crippen LogP contribution is 2.43. The molecule has 1 aromatic carbocycles. The Kier molecular flexibility index (Phi) is 3.29. The standard InChI is InChI=1S/C15H15ClO2S/c1-10-7-14(11(2)19-10)15(9-18-15)8-17-13-5-3-12(16)4-6-13/h3-7H,8-9H2,1-2H3. The normalized spacial score (nSPS) is 21.4. The molecule has 0 saturated carbocycles. The van der Waals surface area contributed by atoms with E-state index in [1.54, 1.807) is 11.3 Å². The highest BCUT2D eigenvalue weighted by molar-refractivity contribution is 7.12. The Balaban J connectivity index is 1.73. The van der Waals surface area contributed by atoms with E-state index in [9.17, 15) is 0 Å². The topological polar surface area (TPSA) is 21.8 Å². The fourth-order valence-electron chi connectivity index (χ4n) is 2.22. The Labute approximate surface area is 121 Å². The number of epoxide rings is 1. The molecule has 1 aliphatic heterocycles. The van der Waals surface area contributed by atoms with Gasteiger partial charge < -0.3 is 9.47 Å². The van der Waals surface area contributed by atoms with Gasteiger partial charge in [-0.25, -0.2) is 0 Å². The fraction of sp³-hybridized carbons (Fsp3) is 0.333. The molecule has 2 aromatic rings. The number of thiophene rings is 1. The molecule has 0 amide bonds. The molecule has 2 nitrogen and oxygen atoms in total. The number of aryl methyl sites for hydroxylation is 2. The molecule has 0 bridgehead atoms. The summed E-state index contributed by atoms with van der Waals surface area (Å²) in [6.07, 6.45) is 0. The first-order valence-corrected chi connectivity index (χ1v) is 7.38. The lowest BCUT2D eigenvalue weighted by Crippen LogP contribution is -2.19. The van der Waals surface area contributed by atoms with E-state index in [2.05, 4.69) is 19.9 Å². The summed E-state index contributed by atoms with van der Waals surface area (Å²) in [6.45, 7) is 5.54. The number of halogens is 1. The number of ether oxygens (including phenoxy) is 2. The smallest absolute Gasteiger partial charge is 0.151 e. The second-order valence-corrected chi connectivity index (χ2v) is 6.75. The monoisotopic (exact) mass is 294 g/mol. The lowest BCUT2D eigenvalue weighted by Gasteiger charge is -2.13. The zero-order valence-electron chi connectivity index (χ0n) is 10.9. The first-order valence-electron chi connectivity index (χ1n) is 6.19. The maximum absolute atomic E-state index is 5.85. The van der Waals surface area contributed by atoms with E-state index in [1.165, 1.54) is 15.3 Å². The highest BCUT2D eigenvalue weighted by atomic mass is 35.5. The van der Waals surface area contributed by atoms with Crippen LogP contribution in [0.25, 0.3) is 0 Å². The van der Waals surface area contributed by atoms with Crippen molar-refractivity contribution in [1.29, 1.82) is 0 Å². The van der Waals surface area contributed by atoms with Gasteiger partial charge in [-0.3, -0.25) is 0 Å². The van der Waals surface area contributed by atoms with Crippen LogP contribution < -0.4 is 4.74 Å². The zero-order valence-corrected chi connectivity index (χ0v) is 12.5. The van der Waals surface area contributed by atoms with Crippen molar-refractivity contribution < 1.29 is 9.47 Å². The number of rotatable bonds is 4. The van der Waals surface area contributed by atoms with Gasteiger partial charge in [-0.05, 0) is 44.2 Å². The predicted molar refractivity (Wildman–Crippen MR) is 78.4 cm³/mol. The van der Waals surface area contributed by atoms with E-state index in [1.807, 2.05) is 24.3 Å². The van der Waals surface area contributed by atoms with Gasteiger partial charge in [0, 0.05) is 20.3 Å². The predicted octanol–water partition coefficient (Wildman–Crippen LogP) is 4.32. The molecule has 0 N–H and O–H groups in total. The Morgan fingerprint density at radius 2 is 2.00 bits per heavy atom. The minimum Gasteiger partial charge on any atom is -0.490 e. The summed E-state index contributed by atoms with van der Waals surface area (Å²) in [5.41, 5.74) is 1.03. The summed E-state index contributed by atoms with van der Waals surface area (Å²) >= 11 is 7.66. The summed E-state index contributed by atoms with van der Waals surface area (Å²) in [5.74, 6) is 0.823. The second-order valence-electron chi connectivity index (χ2n) is 4.85. The molecule has 1 aromatic heterocycles. The van der Waals surface area contributed by atoms with Gasteiger partial charge in [0.25, 0.3) is 0 Å². The van der Waals surface area contributed by atoms with Crippen molar-refractivity contribution in [3.8, 4) is 5.75 Å². The van der Waals surface area contributed by atoms with E-state index in [0.717, 1.165) is 12.4 Å². The van der Waals surface area contributed by atoms with Crippen LogP contribution in [0.1, 0.15) is 15.3 Å². The SMILES string of the molecule is Cc1cc(C2(COc3ccc(Cl)cc3)CO2)c(C)s1. The quantitative estimate of drug-likeness (QED) is 0.783. The van der Waals surface area contributed by atoms with Crippen molar-refractivity contribution in [3.05, 3.63) is 50.7 Å². The molecule has 1 atom stereocenters. The molecule has 1 aliphatic rings. The van der Waals surface area contributed by atoms with Crippen molar-refractivity contribution in [2.24, 2.45) is 0 Å². The van der Waals surface area contributed by atoms with E-state index in [0.29, 0.717) is 11.6 Å². The van der Waals surface area contributed by atoms with Crippen molar-refractivity contribution in [3.63, 3.8) is 0 Å². The van der Waals surface area contributed by atoms with Crippen molar-refractivity contribution in [2.75, 3.05) is 13.2 Å². The lowest BCUT2D eigenvalue weighted by molar-refractivity contribution is 0.189. The molecule has 0 spiro atoms. The van der Waals surface area contributed by atoms with Gasteiger partial charge in [-0.2, -0.15) is 0 Å². The molecule has 1 fully saturated rings. The largest absolute Gasteiger partial charge is 0.490 e. The van der Waals surface area contributed by atoms with Crippen LogP contribution in [-0.2, 0) is 10.3 Å². The maximum atomic E-state index is 5.85. The van der Waals surface area contributed by atoms with Gasteiger partial charge in [0.15, 0.2) is 5.60 Å². The van der Waals surface area contributed by atoms with Crippen molar-refractivity contribution in [1.82, 2.24) is 0 Å². The second kappa shape index (κ2) is 4.82. The summed E-state index contributed by atoms with van der Waals surface area (Å²) in [5, 5.41) is 0.717. The Morgan fingerprint density at radius 1 is 1.32 bits per heavy atom. The third-order valence-electron chi connectivity index (χ3n) is 3.31. The van der Waals surface area contributed by atoms with Gasteiger partial charge in [-0.1, -0.05) is 11.6 Å². The van der Waals surface area contributed by atoms with Crippen LogP contribution in [0.3, 0.4) is 0 Å². The molecule has 19 heavy (non-hydrogen) atoms. The van der Waals surface area contributed by atoms with E-state index < -0.39 is 0 Å². The van der Waals surface area contributed by atoms with Gasteiger partial charge in [0.1, 0.15) is 12.4 Å². The van der Waals surface area contributed by atoms with Gasteiger partial charge in [0.2, 0.25) is 0 Å². The summed E-state index contributed by atoms with van der Waals surface area (Å²) in [6, 6.07) is 9.63. The third kappa shape index (κ3) is 2.64. The van der Waals surface area contributed by atoms with Crippen molar-refractivity contribution in [2.45, 2.75) is 19.4 Å². The molecule has 4 heteroatoms. The van der Waals surface area contributed by atoms with Gasteiger partial charge >= 0.3 is 0 Å². The molecular formula is C15H15ClO2S. The Hall–Kier alpha value is -1.03. The highest BCUT2D eigenvalue weighted by Gasteiger charge is 2.49. The maximum Gasteiger partial charge on any atom is 0.151 e. The number of hydrogen-bond acceptors (Lipinski definition) is 3. The third-order valence-corrected chi connectivity index (χ3v) is 4.53. The van der Waals surface area contributed by atoms with Crippen LogP contribution >= 0.6 is 22.9 Å². The van der Waals surface area contributed by atoms with Gasteiger partial charge in [-0.15, -0.1) is 11.3 Å². The molecule has 3 rings (SSSR count). The molecule has 100 valence electrons. The average Bonchev–Trinajstić information content (AvgIpc) is 3.09. The summed E-state index contributed by atoms with van der Waals surface area (Å²) in [7, 11) is 0. The Morgan fingerprint density at radius 3 is 2.53 bits per heavy atom. The van der Waals surface area contributed by atoms with E-state index in [-0.39, 0.29) is 5.60 Å². The molecule has 1 saturated heterocycles. The minimum absolute atomic E-state index is 0.242. The van der Waals surface area contributed by atoms with Crippen LogP contribution in [-0.4, -0.2) is 13.2 Å². The Bertz CT molecular complexity index is 585. The summed E-state index contributed by atoms with van der Waals surface area (Å²) < 4.78 is 11.5. The number of benzene rings is 1. The van der Waals surface area contributed by atoms with E-state index >= 15 is 0 Å². The van der Waals surface area contributed by atoms with Crippen molar-refractivity contribution >= 4 is 22.9 Å². The molecule has 0 radical (unpaired) electrons. The number of hydrogen-bond donors (Lipinski definition) is 0. The first kappa shape index (κ1) is 13.0. The first-order chi connectivity index (χ1) is 9.09. The van der Waals surface area contributed by atoms with Crippen LogP contribution in [0.2, 0.25) is 5.02 Å². The average molecular weight is 295 g/mol. The lowest BCUT2D eigenvalue weighted by atomic mass is 10.0. The van der Waals surface area contributed by atoms with Gasteiger partial charge in [0.05, 0.1) is 6.61 Å². The minimum atomic E-state index is -0.242. The molecule has 0 aliphatic carbocycles. The van der Waals surface area contributed by atoms with Crippen LogP contribution in [0.15, 0.2) is 30.3 Å². The van der Waals surface area contributed by atoms with Crippen LogP contribution in [0.4, 0.5) is 0 Å². The summed E-state index contributed by atoms with van der Waals surface area (Å²) in [4.78, 5) is 2.63. The fourth-order valence-corrected chi connectivity index (χ4v) is 3.36. The van der Waals surface area contributed by atoms with E-state index in [4.69, 9.17) is 21.1 Å². The van der Waals surface area contributed by atoms with Crippen LogP contribution in [0, 0.1) is 13.8 Å². The molecule has 1 unspecified atom stereocenters. The van der Waals surface area contributed by atoms with Crippen LogP contribution in [0.5, 0.6) is 5.75 Å².